The van der Waals surface area contributed by atoms with Gasteiger partial charge in [-0.1, -0.05) is 56.7 Å². The third-order valence-corrected chi connectivity index (χ3v) is 4.26. The van der Waals surface area contributed by atoms with Crippen LogP contribution in [-0.4, -0.2) is 29.6 Å². The van der Waals surface area contributed by atoms with Crippen LogP contribution in [0.15, 0.2) is 42.5 Å². The van der Waals surface area contributed by atoms with Crippen molar-refractivity contribution in [2.75, 3.05) is 11.9 Å². The average Bonchev–Trinajstić information content (AvgIpc) is 2.58. The van der Waals surface area contributed by atoms with Gasteiger partial charge in [-0.25, -0.2) is 0 Å². The molecule has 0 heterocycles. The highest BCUT2D eigenvalue weighted by Crippen LogP contribution is 2.22. The lowest BCUT2D eigenvalue weighted by Crippen LogP contribution is -2.42. The largest absolute Gasteiger partial charge is 0.480 e. The Balaban J connectivity index is 1.92. The van der Waals surface area contributed by atoms with Crippen molar-refractivity contribution in [3.8, 4) is 0 Å². The predicted octanol–water partition coefficient (Wildman–Crippen LogP) is 3.26. The molecular formula is C19H24N2O3. The minimum atomic E-state index is -0.876. The standard InChI is InChI=1S/C19H24N2O3/c1-3-13(2)18(19(23)24)20-12-11-17(22)21-16-10-6-8-14-7-4-5-9-15(14)16/h4-10,13,18,20H,3,11-12H2,1-2H3,(H,21,22)(H,23,24)/t13-,18-/m0/s1. The number of benzene rings is 2. The number of fused-ring (bicyclic) bond motifs is 1. The molecule has 3 N–H and O–H groups in total. The zero-order valence-corrected chi connectivity index (χ0v) is 14.1. The predicted molar refractivity (Wildman–Crippen MR) is 96.1 cm³/mol. The molecular weight excluding hydrogens is 304 g/mol. The fraction of sp³-hybridized carbons (Fsp3) is 0.368. The minimum Gasteiger partial charge on any atom is -0.480 e. The van der Waals surface area contributed by atoms with Crippen molar-refractivity contribution in [3.63, 3.8) is 0 Å². The second kappa shape index (κ2) is 8.45. The van der Waals surface area contributed by atoms with Gasteiger partial charge in [0.25, 0.3) is 0 Å². The van der Waals surface area contributed by atoms with E-state index in [4.69, 9.17) is 0 Å². The Labute approximate surface area is 142 Å². The van der Waals surface area contributed by atoms with E-state index in [2.05, 4.69) is 10.6 Å². The molecule has 1 amide bonds. The first-order valence-electron chi connectivity index (χ1n) is 8.26. The highest BCUT2D eigenvalue weighted by molar-refractivity contribution is 6.02. The molecule has 2 aromatic rings. The monoisotopic (exact) mass is 328 g/mol. The summed E-state index contributed by atoms with van der Waals surface area (Å²) >= 11 is 0. The van der Waals surface area contributed by atoms with E-state index in [9.17, 15) is 14.7 Å². The maximum atomic E-state index is 12.1. The minimum absolute atomic E-state index is 0.0172. The lowest BCUT2D eigenvalue weighted by atomic mass is 9.99. The van der Waals surface area contributed by atoms with E-state index in [1.807, 2.05) is 56.3 Å². The molecule has 24 heavy (non-hydrogen) atoms. The number of carboxylic acid groups (broad SMARTS) is 1. The Morgan fingerprint density at radius 1 is 1.12 bits per heavy atom. The van der Waals surface area contributed by atoms with Gasteiger partial charge in [-0.3, -0.25) is 9.59 Å². The summed E-state index contributed by atoms with van der Waals surface area (Å²) in [6, 6.07) is 13.0. The van der Waals surface area contributed by atoms with Crippen LogP contribution in [0.5, 0.6) is 0 Å². The number of carboxylic acids is 1. The second-order valence-corrected chi connectivity index (χ2v) is 5.98. The van der Waals surface area contributed by atoms with Gasteiger partial charge >= 0.3 is 5.97 Å². The molecule has 0 radical (unpaired) electrons. The first kappa shape index (κ1) is 17.9. The van der Waals surface area contributed by atoms with E-state index >= 15 is 0 Å². The number of anilines is 1. The molecule has 0 aliphatic rings. The van der Waals surface area contributed by atoms with Crippen molar-refractivity contribution in [1.82, 2.24) is 5.32 Å². The van der Waals surface area contributed by atoms with Crippen molar-refractivity contribution in [2.24, 2.45) is 5.92 Å². The van der Waals surface area contributed by atoms with E-state index in [0.717, 1.165) is 22.9 Å². The summed E-state index contributed by atoms with van der Waals surface area (Å²) in [7, 11) is 0. The van der Waals surface area contributed by atoms with E-state index in [1.165, 1.54) is 0 Å². The molecule has 0 unspecified atom stereocenters. The Hall–Kier alpha value is -2.40. The van der Waals surface area contributed by atoms with Gasteiger partial charge in [0.2, 0.25) is 5.91 Å². The molecule has 0 spiro atoms. The molecule has 0 aliphatic carbocycles. The molecule has 5 heteroatoms. The van der Waals surface area contributed by atoms with Gasteiger partial charge in [-0.15, -0.1) is 0 Å². The summed E-state index contributed by atoms with van der Waals surface area (Å²) in [6.45, 7) is 4.18. The van der Waals surface area contributed by atoms with Crippen LogP contribution in [0.25, 0.3) is 10.8 Å². The Morgan fingerprint density at radius 3 is 2.54 bits per heavy atom. The topological polar surface area (TPSA) is 78.4 Å². The van der Waals surface area contributed by atoms with Gasteiger partial charge < -0.3 is 15.7 Å². The zero-order valence-electron chi connectivity index (χ0n) is 14.1. The lowest BCUT2D eigenvalue weighted by molar-refractivity contribution is -0.141. The van der Waals surface area contributed by atoms with Crippen molar-refractivity contribution in [2.45, 2.75) is 32.7 Å². The van der Waals surface area contributed by atoms with E-state index < -0.39 is 12.0 Å². The SMILES string of the molecule is CC[C@H](C)[C@H](NCCC(=O)Nc1cccc2ccccc12)C(=O)O. The molecule has 0 saturated carbocycles. The quantitative estimate of drug-likeness (QED) is 0.695. The Bertz CT molecular complexity index is 709. The molecule has 2 aromatic carbocycles. The van der Waals surface area contributed by atoms with Crippen LogP contribution in [0, 0.1) is 5.92 Å². The molecule has 128 valence electrons. The van der Waals surface area contributed by atoms with Crippen LogP contribution < -0.4 is 10.6 Å². The van der Waals surface area contributed by atoms with Crippen LogP contribution in [0.3, 0.4) is 0 Å². The van der Waals surface area contributed by atoms with Crippen LogP contribution in [-0.2, 0) is 9.59 Å². The summed E-state index contributed by atoms with van der Waals surface area (Å²) < 4.78 is 0. The number of amides is 1. The van der Waals surface area contributed by atoms with E-state index in [0.29, 0.717) is 6.54 Å². The highest BCUT2D eigenvalue weighted by atomic mass is 16.4. The maximum Gasteiger partial charge on any atom is 0.320 e. The molecule has 5 nitrogen and oxygen atoms in total. The lowest BCUT2D eigenvalue weighted by Gasteiger charge is -2.20. The summed E-state index contributed by atoms with van der Waals surface area (Å²) in [4.78, 5) is 23.4. The molecule has 2 rings (SSSR count). The number of hydrogen-bond donors (Lipinski definition) is 3. The van der Waals surface area contributed by atoms with Crippen LogP contribution in [0.4, 0.5) is 5.69 Å². The molecule has 2 atom stereocenters. The average molecular weight is 328 g/mol. The van der Waals surface area contributed by atoms with Crippen LogP contribution in [0.1, 0.15) is 26.7 Å². The maximum absolute atomic E-state index is 12.1. The third-order valence-electron chi connectivity index (χ3n) is 4.26. The van der Waals surface area contributed by atoms with Gasteiger partial charge in [0.05, 0.1) is 0 Å². The fourth-order valence-corrected chi connectivity index (χ4v) is 2.66. The second-order valence-electron chi connectivity index (χ2n) is 5.98. The van der Waals surface area contributed by atoms with Gasteiger partial charge in [0.15, 0.2) is 0 Å². The summed E-state index contributed by atoms with van der Waals surface area (Å²) in [6.07, 6.45) is 0.996. The fourth-order valence-electron chi connectivity index (χ4n) is 2.66. The summed E-state index contributed by atoms with van der Waals surface area (Å²) in [5, 5.41) is 17.2. The first-order valence-corrected chi connectivity index (χ1v) is 8.26. The zero-order chi connectivity index (χ0) is 17.5. The smallest absolute Gasteiger partial charge is 0.320 e. The third kappa shape index (κ3) is 4.55. The van der Waals surface area contributed by atoms with Crippen molar-refractivity contribution < 1.29 is 14.7 Å². The van der Waals surface area contributed by atoms with Crippen molar-refractivity contribution in [3.05, 3.63) is 42.5 Å². The summed E-state index contributed by atoms with van der Waals surface area (Å²) in [5.41, 5.74) is 0.773. The highest BCUT2D eigenvalue weighted by Gasteiger charge is 2.22. The van der Waals surface area contributed by atoms with Gasteiger partial charge in [0, 0.05) is 24.0 Å². The molecule has 0 fully saturated rings. The molecule has 0 aliphatic heterocycles. The number of carbonyl (C=O) groups is 2. The van der Waals surface area contributed by atoms with Crippen LogP contribution in [0.2, 0.25) is 0 Å². The normalized spacial score (nSPS) is 13.4. The van der Waals surface area contributed by atoms with E-state index in [-0.39, 0.29) is 18.2 Å². The molecule has 0 bridgehead atoms. The Kier molecular flexibility index (Phi) is 6.32. The number of hydrogen-bond acceptors (Lipinski definition) is 3. The number of rotatable bonds is 8. The Morgan fingerprint density at radius 2 is 1.83 bits per heavy atom. The van der Waals surface area contributed by atoms with Crippen molar-refractivity contribution in [1.29, 1.82) is 0 Å². The number of carbonyl (C=O) groups excluding carboxylic acids is 1. The van der Waals surface area contributed by atoms with Gasteiger partial charge in [-0.05, 0) is 17.4 Å². The number of nitrogens with one attached hydrogen (secondary N) is 2. The summed E-state index contributed by atoms with van der Waals surface area (Å²) in [5.74, 6) is -0.991. The first-order chi connectivity index (χ1) is 11.5. The van der Waals surface area contributed by atoms with E-state index in [1.54, 1.807) is 0 Å². The van der Waals surface area contributed by atoms with Crippen molar-refractivity contribution >= 4 is 28.3 Å². The molecule has 0 saturated heterocycles. The van der Waals surface area contributed by atoms with Gasteiger partial charge in [-0.2, -0.15) is 0 Å². The molecule has 0 aromatic heterocycles. The number of aliphatic carboxylic acids is 1. The van der Waals surface area contributed by atoms with Gasteiger partial charge in [0.1, 0.15) is 6.04 Å². The van der Waals surface area contributed by atoms with Crippen LogP contribution >= 0.6 is 0 Å².